The highest BCUT2D eigenvalue weighted by atomic mass is 32.1. The summed E-state index contributed by atoms with van der Waals surface area (Å²) < 4.78 is 31.4. The molecule has 0 radical (unpaired) electrons. The van der Waals surface area contributed by atoms with Gasteiger partial charge in [-0.1, -0.05) is 0 Å². The van der Waals surface area contributed by atoms with E-state index in [9.17, 15) is 13.9 Å². The average Bonchev–Trinajstić information content (AvgIpc) is 2.73. The normalized spacial score (nSPS) is 14.6. The fourth-order valence-corrected chi connectivity index (χ4v) is 2.58. The fraction of sp³-hybridized carbons (Fsp3) is 0.462. The molecule has 0 saturated carbocycles. The lowest BCUT2D eigenvalue weighted by atomic mass is 10.1. The minimum atomic E-state index is -2.82. The van der Waals surface area contributed by atoms with Crippen molar-refractivity contribution in [3.63, 3.8) is 0 Å². The number of thiazole rings is 1. The minimum Gasteiger partial charge on any atom is -0.495 e. The topological polar surface area (TPSA) is 54.4 Å². The van der Waals surface area contributed by atoms with E-state index < -0.39 is 12.0 Å². The van der Waals surface area contributed by atoms with Crippen molar-refractivity contribution >= 4 is 27.2 Å². The van der Waals surface area contributed by atoms with E-state index in [0.717, 1.165) is 22.1 Å². The molecule has 1 heterocycles. The molecule has 0 aliphatic heterocycles. The van der Waals surface area contributed by atoms with Gasteiger partial charge in [0.25, 0.3) is 6.43 Å². The first-order chi connectivity index (χ1) is 9.33. The van der Waals surface area contributed by atoms with Crippen molar-refractivity contribution in [3.05, 3.63) is 17.1 Å². The van der Waals surface area contributed by atoms with Crippen LogP contribution in [0, 0.1) is 6.92 Å². The van der Waals surface area contributed by atoms with Crippen LogP contribution in [0.25, 0.3) is 10.2 Å². The second-order valence-electron chi connectivity index (χ2n) is 4.76. The number of benzene rings is 1. The number of hydrogen-bond acceptors (Lipinski definition) is 5. The Hall–Kier alpha value is -1.47. The highest BCUT2D eigenvalue weighted by Gasteiger charge is 2.32. The summed E-state index contributed by atoms with van der Waals surface area (Å²) in [5, 5.41) is 13.3. The fourth-order valence-electron chi connectivity index (χ4n) is 1.73. The molecule has 110 valence electrons. The van der Waals surface area contributed by atoms with Crippen LogP contribution in [0.3, 0.4) is 0 Å². The molecule has 1 unspecified atom stereocenters. The highest BCUT2D eigenvalue weighted by Crippen LogP contribution is 2.33. The first-order valence-corrected chi connectivity index (χ1v) is 6.84. The molecule has 0 aliphatic rings. The number of halogens is 2. The Morgan fingerprint density at radius 1 is 1.50 bits per heavy atom. The van der Waals surface area contributed by atoms with Crippen molar-refractivity contribution in [2.45, 2.75) is 25.9 Å². The van der Waals surface area contributed by atoms with E-state index in [0.29, 0.717) is 11.4 Å². The molecule has 1 aromatic carbocycles. The second-order valence-corrected chi connectivity index (χ2v) is 6.00. The summed E-state index contributed by atoms with van der Waals surface area (Å²) in [6.07, 6.45) is -2.82. The molecule has 0 amide bonds. The third-order valence-corrected chi connectivity index (χ3v) is 3.86. The van der Waals surface area contributed by atoms with E-state index >= 15 is 0 Å². The molecular formula is C13H16F2N2O2S. The van der Waals surface area contributed by atoms with Gasteiger partial charge in [-0.15, -0.1) is 11.3 Å². The van der Waals surface area contributed by atoms with Crippen molar-refractivity contribution < 1.29 is 18.6 Å². The Morgan fingerprint density at radius 2 is 2.20 bits per heavy atom. The van der Waals surface area contributed by atoms with Gasteiger partial charge in [-0.25, -0.2) is 13.8 Å². The molecule has 0 aliphatic carbocycles. The summed E-state index contributed by atoms with van der Waals surface area (Å²) in [6, 6.07) is 3.54. The standard InChI is InChI=1S/C13H16F2N2O2S/c1-7-17-9-4-10(19-3)8(5-11(9)20-7)16-6-13(2,18)12(14)15/h4-5,12,16,18H,6H2,1-3H3. The first-order valence-electron chi connectivity index (χ1n) is 6.03. The van der Waals surface area contributed by atoms with Gasteiger partial charge in [-0.05, 0) is 19.9 Å². The Morgan fingerprint density at radius 3 is 2.80 bits per heavy atom. The van der Waals surface area contributed by atoms with Crippen LogP contribution in [-0.4, -0.2) is 35.8 Å². The molecule has 0 saturated heterocycles. The number of nitrogens with one attached hydrogen (secondary N) is 1. The van der Waals surface area contributed by atoms with Gasteiger partial charge in [0.05, 0.1) is 28.0 Å². The molecule has 0 bridgehead atoms. The molecule has 20 heavy (non-hydrogen) atoms. The number of nitrogens with zero attached hydrogens (tertiary/aromatic N) is 1. The third-order valence-electron chi connectivity index (χ3n) is 2.92. The van der Waals surface area contributed by atoms with Crippen molar-refractivity contribution in [3.8, 4) is 5.75 Å². The van der Waals surface area contributed by atoms with Crippen LogP contribution in [0.4, 0.5) is 14.5 Å². The number of aromatic nitrogens is 1. The largest absolute Gasteiger partial charge is 0.495 e. The van der Waals surface area contributed by atoms with Crippen LogP contribution in [0.2, 0.25) is 0 Å². The summed E-state index contributed by atoms with van der Waals surface area (Å²) in [7, 11) is 1.50. The molecule has 1 aromatic heterocycles. The number of alkyl halides is 2. The lowest BCUT2D eigenvalue weighted by Crippen LogP contribution is -2.40. The summed E-state index contributed by atoms with van der Waals surface area (Å²) in [5.74, 6) is 0.507. The van der Waals surface area contributed by atoms with E-state index in [2.05, 4.69) is 10.3 Å². The Kier molecular flexibility index (Phi) is 4.10. The predicted molar refractivity (Wildman–Crippen MR) is 76.0 cm³/mol. The van der Waals surface area contributed by atoms with Gasteiger partial charge in [0.2, 0.25) is 0 Å². The smallest absolute Gasteiger partial charge is 0.268 e. The van der Waals surface area contributed by atoms with Crippen molar-refractivity contribution in [2.24, 2.45) is 0 Å². The van der Waals surface area contributed by atoms with E-state index in [1.165, 1.54) is 18.4 Å². The molecule has 2 rings (SSSR count). The quantitative estimate of drug-likeness (QED) is 0.891. The maximum Gasteiger partial charge on any atom is 0.268 e. The van der Waals surface area contributed by atoms with Crippen LogP contribution < -0.4 is 10.1 Å². The molecule has 2 aromatic rings. The number of aryl methyl sites for hydroxylation is 1. The summed E-state index contributed by atoms with van der Waals surface area (Å²) in [6.45, 7) is 2.71. The molecule has 7 heteroatoms. The van der Waals surface area contributed by atoms with Gasteiger partial charge in [0.1, 0.15) is 11.4 Å². The average molecular weight is 302 g/mol. The van der Waals surface area contributed by atoms with E-state index in [1.807, 2.05) is 6.92 Å². The molecule has 0 spiro atoms. The third kappa shape index (κ3) is 2.99. The summed E-state index contributed by atoms with van der Waals surface area (Å²) in [4.78, 5) is 4.34. The van der Waals surface area contributed by atoms with Gasteiger partial charge in [0.15, 0.2) is 0 Å². The number of ether oxygens (including phenoxy) is 1. The number of aliphatic hydroxyl groups is 1. The highest BCUT2D eigenvalue weighted by molar-refractivity contribution is 7.18. The predicted octanol–water partition coefficient (Wildman–Crippen LogP) is 3.04. The Bertz CT molecular complexity index is 614. The van der Waals surface area contributed by atoms with Crippen molar-refractivity contribution in [1.29, 1.82) is 0 Å². The molecule has 2 N–H and O–H groups in total. The van der Waals surface area contributed by atoms with E-state index in [-0.39, 0.29) is 6.54 Å². The number of fused-ring (bicyclic) bond motifs is 1. The van der Waals surface area contributed by atoms with E-state index in [1.54, 1.807) is 12.1 Å². The van der Waals surface area contributed by atoms with Crippen molar-refractivity contribution in [1.82, 2.24) is 4.98 Å². The Labute approximate surface area is 119 Å². The number of rotatable bonds is 5. The number of hydrogen-bond donors (Lipinski definition) is 2. The minimum absolute atomic E-state index is 0.273. The van der Waals surface area contributed by atoms with Gasteiger partial charge >= 0.3 is 0 Å². The maximum atomic E-state index is 12.6. The first kappa shape index (κ1) is 14.9. The zero-order valence-electron chi connectivity index (χ0n) is 11.4. The van der Waals surface area contributed by atoms with Gasteiger partial charge < -0.3 is 15.2 Å². The van der Waals surface area contributed by atoms with E-state index in [4.69, 9.17) is 4.74 Å². The second kappa shape index (κ2) is 5.49. The van der Waals surface area contributed by atoms with Gasteiger partial charge in [-0.3, -0.25) is 0 Å². The molecule has 4 nitrogen and oxygen atoms in total. The zero-order chi connectivity index (χ0) is 14.9. The maximum absolute atomic E-state index is 12.6. The zero-order valence-corrected chi connectivity index (χ0v) is 12.2. The SMILES string of the molecule is COc1cc2nc(C)sc2cc1NCC(C)(O)C(F)F. The summed E-state index contributed by atoms with van der Waals surface area (Å²) >= 11 is 1.51. The van der Waals surface area contributed by atoms with Gasteiger partial charge in [0, 0.05) is 12.6 Å². The molecule has 0 fully saturated rings. The lowest BCUT2D eigenvalue weighted by molar-refractivity contribution is -0.0732. The van der Waals surface area contributed by atoms with Crippen molar-refractivity contribution in [2.75, 3.05) is 19.0 Å². The Balaban J connectivity index is 2.28. The monoisotopic (exact) mass is 302 g/mol. The van der Waals surface area contributed by atoms with Crippen LogP contribution in [0.1, 0.15) is 11.9 Å². The van der Waals surface area contributed by atoms with Crippen LogP contribution in [0.5, 0.6) is 5.75 Å². The summed E-state index contributed by atoms with van der Waals surface area (Å²) in [5.41, 5.74) is -0.732. The number of anilines is 1. The molecule has 1 atom stereocenters. The van der Waals surface area contributed by atoms with Crippen LogP contribution in [0.15, 0.2) is 12.1 Å². The number of methoxy groups -OCH3 is 1. The van der Waals surface area contributed by atoms with Gasteiger partial charge in [-0.2, -0.15) is 0 Å². The van der Waals surface area contributed by atoms with Crippen LogP contribution in [-0.2, 0) is 0 Å². The molecular weight excluding hydrogens is 286 g/mol. The lowest BCUT2D eigenvalue weighted by Gasteiger charge is -2.23. The van der Waals surface area contributed by atoms with Crippen LogP contribution >= 0.6 is 11.3 Å².